The summed E-state index contributed by atoms with van der Waals surface area (Å²) >= 11 is 1.75. The number of hydrogen-bond donors (Lipinski definition) is 0. The monoisotopic (exact) mass is 289 g/mol. The zero-order valence-corrected chi connectivity index (χ0v) is 12.8. The molecule has 0 saturated carbocycles. The van der Waals surface area contributed by atoms with Crippen LogP contribution >= 0.6 is 11.8 Å². The molecule has 1 saturated heterocycles. The Bertz CT molecular complexity index is 407. The van der Waals surface area contributed by atoms with E-state index < -0.39 is 0 Å². The van der Waals surface area contributed by atoms with E-state index in [-0.39, 0.29) is 0 Å². The lowest BCUT2D eigenvalue weighted by Gasteiger charge is -2.31. The molecule has 1 aliphatic rings. The van der Waals surface area contributed by atoms with Crippen LogP contribution in [0, 0.1) is 17.2 Å². The van der Waals surface area contributed by atoms with Gasteiger partial charge in [-0.15, -0.1) is 11.8 Å². The van der Waals surface area contributed by atoms with Gasteiger partial charge in [-0.3, -0.25) is 4.98 Å². The van der Waals surface area contributed by atoms with Gasteiger partial charge in [0.15, 0.2) is 0 Å². The normalized spacial score (nSPS) is 16.9. The highest BCUT2D eigenvalue weighted by Gasteiger charge is 2.18. The van der Waals surface area contributed by atoms with Crippen LogP contribution in [0.3, 0.4) is 0 Å². The molecular weight excluding hydrogens is 266 g/mol. The average Bonchev–Trinajstić information content (AvgIpc) is 2.50. The van der Waals surface area contributed by atoms with E-state index in [1.54, 1.807) is 11.8 Å². The predicted octanol–water partition coefficient (Wildman–Crippen LogP) is 2.98. The number of aromatic nitrogens is 1. The van der Waals surface area contributed by atoms with Gasteiger partial charge in [0.25, 0.3) is 0 Å². The zero-order chi connectivity index (χ0) is 14.0. The molecule has 1 fully saturated rings. The average molecular weight is 289 g/mol. The van der Waals surface area contributed by atoms with Gasteiger partial charge in [0, 0.05) is 12.4 Å². The van der Waals surface area contributed by atoms with Gasteiger partial charge >= 0.3 is 0 Å². The van der Waals surface area contributed by atoms with Gasteiger partial charge < -0.3 is 4.90 Å². The highest BCUT2D eigenvalue weighted by molar-refractivity contribution is 7.99. The molecule has 0 radical (unpaired) electrons. The first-order valence-corrected chi connectivity index (χ1v) is 8.60. The minimum atomic E-state index is 0.632. The molecule has 0 amide bonds. The summed E-state index contributed by atoms with van der Waals surface area (Å²) in [5.41, 5.74) is 1.37. The van der Waals surface area contributed by atoms with Crippen molar-refractivity contribution in [3.8, 4) is 6.07 Å². The lowest BCUT2D eigenvalue weighted by Crippen LogP contribution is -2.35. The molecule has 1 aromatic rings. The highest BCUT2D eigenvalue weighted by atomic mass is 32.2. The van der Waals surface area contributed by atoms with Crippen LogP contribution in [-0.4, -0.2) is 41.0 Å². The molecule has 108 valence electrons. The number of pyridine rings is 1. The molecule has 0 aliphatic carbocycles. The number of hydrogen-bond acceptors (Lipinski definition) is 4. The number of thioether (sulfide) groups is 1. The number of nitrogens with zero attached hydrogens (tertiary/aromatic N) is 3. The summed E-state index contributed by atoms with van der Waals surface area (Å²) in [6.07, 6.45) is 8.84. The first kappa shape index (κ1) is 15.3. The summed E-state index contributed by atoms with van der Waals surface area (Å²) < 4.78 is 0. The third kappa shape index (κ3) is 5.52. The van der Waals surface area contributed by atoms with E-state index in [1.165, 1.54) is 50.9 Å². The Kier molecular flexibility index (Phi) is 6.90. The number of rotatable bonds is 7. The summed E-state index contributed by atoms with van der Waals surface area (Å²) in [6.45, 7) is 3.65. The Labute approximate surface area is 126 Å². The maximum absolute atomic E-state index is 8.48. The van der Waals surface area contributed by atoms with Crippen molar-refractivity contribution < 1.29 is 0 Å². The van der Waals surface area contributed by atoms with Crippen LogP contribution in [0.2, 0.25) is 0 Å². The maximum Gasteiger partial charge on any atom is 0.0808 e. The van der Waals surface area contributed by atoms with E-state index in [0.29, 0.717) is 5.75 Å². The summed E-state index contributed by atoms with van der Waals surface area (Å²) in [5.74, 6) is 2.57. The Morgan fingerprint density at radius 3 is 2.95 bits per heavy atom. The summed E-state index contributed by atoms with van der Waals surface area (Å²) in [4.78, 5) is 6.77. The van der Waals surface area contributed by atoms with Gasteiger partial charge in [-0.1, -0.05) is 6.07 Å². The van der Waals surface area contributed by atoms with E-state index in [4.69, 9.17) is 5.26 Å². The molecule has 0 spiro atoms. The molecule has 0 N–H and O–H groups in total. The molecule has 0 unspecified atom stereocenters. The SMILES string of the molecule is N#CCSCCCN1CCC(Cc2cccnc2)CC1. The van der Waals surface area contributed by atoms with Crippen molar-refractivity contribution in [1.29, 1.82) is 5.26 Å². The number of piperidine rings is 1. The van der Waals surface area contributed by atoms with Gasteiger partial charge in [-0.05, 0) is 68.6 Å². The van der Waals surface area contributed by atoms with Gasteiger partial charge in [0.05, 0.1) is 11.8 Å². The van der Waals surface area contributed by atoms with Crippen LogP contribution in [0.1, 0.15) is 24.8 Å². The van der Waals surface area contributed by atoms with E-state index in [1.807, 2.05) is 18.5 Å². The van der Waals surface area contributed by atoms with E-state index in [2.05, 4.69) is 22.0 Å². The van der Waals surface area contributed by atoms with Crippen LogP contribution in [0.4, 0.5) is 0 Å². The molecule has 0 aromatic carbocycles. The van der Waals surface area contributed by atoms with Crippen LogP contribution in [0.25, 0.3) is 0 Å². The maximum atomic E-state index is 8.48. The first-order chi connectivity index (χ1) is 9.88. The van der Waals surface area contributed by atoms with Crippen molar-refractivity contribution >= 4 is 11.8 Å². The van der Waals surface area contributed by atoms with Crippen molar-refractivity contribution in [3.05, 3.63) is 30.1 Å². The Balaban J connectivity index is 1.59. The molecule has 0 atom stereocenters. The van der Waals surface area contributed by atoms with Gasteiger partial charge in [0.1, 0.15) is 0 Å². The number of nitriles is 1. The van der Waals surface area contributed by atoms with Crippen LogP contribution in [-0.2, 0) is 6.42 Å². The minimum absolute atomic E-state index is 0.632. The second kappa shape index (κ2) is 8.99. The van der Waals surface area contributed by atoms with Crippen LogP contribution < -0.4 is 0 Å². The summed E-state index contributed by atoms with van der Waals surface area (Å²) in [7, 11) is 0. The highest BCUT2D eigenvalue weighted by Crippen LogP contribution is 2.21. The third-order valence-corrected chi connectivity index (χ3v) is 4.79. The molecule has 4 heteroatoms. The zero-order valence-electron chi connectivity index (χ0n) is 12.0. The smallest absolute Gasteiger partial charge is 0.0808 e. The quantitative estimate of drug-likeness (QED) is 0.724. The van der Waals surface area contributed by atoms with Crippen molar-refractivity contribution in [2.75, 3.05) is 31.1 Å². The van der Waals surface area contributed by atoms with Crippen LogP contribution in [0.15, 0.2) is 24.5 Å². The van der Waals surface area contributed by atoms with Crippen molar-refractivity contribution in [1.82, 2.24) is 9.88 Å². The second-order valence-corrected chi connectivity index (χ2v) is 6.52. The molecule has 2 heterocycles. The molecule has 20 heavy (non-hydrogen) atoms. The molecule has 3 nitrogen and oxygen atoms in total. The standard InChI is InChI=1S/C16H23N3S/c17-6-12-20-11-2-8-19-9-4-15(5-10-19)13-16-3-1-7-18-14-16/h1,3,7,14-15H,2,4-5,8-13H2. The molecule has 1 aliphatic heterocycles. The lowest BCUT2D eigenvalue weighted by atomic mass is 9.91. The molecule has 1 aromatic heterocycles. The van der Waals surface area contributed by atoms with Crippen molar-refractivity contribution in [2.45, 2.75) is 25.7 Å². The fourth-order valence-electron chi connectivity index (χ4n) is 2.77. The summed E-state index contributed by atoms with van der Waals surface area (Å²) in [5, 5.41) is 8.48. The third-order valence-electron chi connectivity index (χ3n) is 3.88. The molecular formula is C16H23N3S. The molecule has 0 bridgehead atoms. The fraction of sp³-hybridized carbons (Fsp3) is 0.625. The van der Waals surface area contributed by atoms with E-state index >= 15 is 0 Å². The topological polar surface area (TPSA) is 39.9 Å². The van der Waals surface area contributed by atoms with Gasteiger partial charge in [-0.25, -0.2) is 0 Å². The minimum Gasteiger partial charge on any atom is -0.303 e. The largest absolute Gasteiger partial charge is 0.303 e. The van der Waals surface area contributed by atoms with Crippen LogP contribution in [0.5, 0.6) is 0 Å². The van der Waals surface area contributed by atoms with Gasteiger partial charge in [0.2, 0.25) is 0 Å². The van der Waals surface area contributed by atoms with Crippen molar-refractivity contribution in [2.24, 2.45) is 5.92 Å². The summed E-state index contributed by atoms with van der Waals surface area (Å²) in [6, 6.07) is 6.40. The Morgan fingerprint density at radius 2 is 2.25 bits per heavy atom. The molecule has 2 rings (SSSR count). The Hall–Kier alpha value is -1.05. The lowest BCUT2D eigenvalue weighted by molar-refractivity contribution is 0.185. The second-order valence-electron chi connectivity index (χ2n) is 5.41. The Morgan fingerprint density at radius 1 is 1.40 bits per heavy atom. The predicted molar refractivity (Wildman–Crippen MR) is 84.7 cm³/mol. The fourth-order valence-corrected chi connectivity index (χ4v) is 3.34. The van der Waals surface area contributed by atoms with Crippen molar-refractivity contribution in [3.63, 3.8) is 0 Å². The van der Waals surface area contributed by atoms with E-state index in [0.717, 1.165) is 11.7 Å². The van der Waals surface area contributed by atoms with Gasteiger partial charge in [-0.2, -0.15) is 5.26 Å². The number of likely N-dealkylation sites (tertiary alicyclic amines) is 1. The van der Waals surface area contributed by atoms with E-state index in [9.17, 15) is 0 Å². The first-order valence-electron chi connectivity index (χ1n) is 7.44.